The number of anilines is 1. The minimum absolute atomic E-state index is 0.0664. The second-order valence-electron chi connectivity index (χ2n) is 15.7. The van der Waals surface area contributed by atoms with Crippen LogP contribution in [-0.4, -0.2) is 103 Å². The van der Waals surface area contributed by atoms with E-state index in [2.05, 4.69) is 17.1 Å². The van der Waals surface area contributed by atoms with Gasteiger partial charge in [0.25, 0.3) is 0 Å². The molecule has 6 fully saturated rings. The highest BCUT2D eigenvalue weighted by molar-refractivity contribution is 6.06. The van der Waals surface area contributed by atoms with Gasteiger partial charge >= 0.3 is 5.97 Å². The van der Waals surface area contributed by atoms with Gasteiger partial charge in [0.15, 0.2) is 0 Å². The van der Waals surface area contributed by atoms with Crippen molar-refractivity contribution in [1.29, 1.82) is 0 Å². The molecule has 1 spiro atoms. The molecule has 268 valence electrons. The number of esters is 1. The van der Waals surface area contributed by atoms with E-state index in [-0.39, 0.29) is 53.4 Å². The first-order valence-electron chi connectivity index (χ1n) is 18.2. The average molecular weight is 687 g/mol. The number of carbonyl (C=O) groups is 2. The zero-order chi connectivity index (χ0) is 35.2. The molecule has 0 radical (unpaired) electrons. The second-order valence-corrected chi connectivity index (χ2v) is 15.7. The fraction of sp³-hybridized carbons (Fsp3) is 0.600. The number of amides is 1. The number of aryl methyl sites for hydroxylation is 1. The van der Waals surface area contributed by atoms with E-state index in [1.54, 1.807) is 51.7 Å². The van der Waals surface area contributed by atoms with Crippen molar-refractivity contribution < 1.29 is 38.7 Å². The lowest BCUT2D eigenvalue weighted by Gasteiger charge is -2.70. The van der Waals surface area contributed by atoms with E-state index >= 15 is 0 Å². The van der Waals surface area contributed by atoms with E-state index in [0.717, 1.165) is 11.1 Å². The Morgan fingerprint density at radius 1 is 1.00 bits per heavy atom. The maximum Gasteiger partial charge on any atom is 0.340 e. The SMILES string of the molecule is CCN1C[C@]2(OC(=O)c3ccccc3NC(=O)/C=C/c3ccccc3C)CC[C@H](OC)[C@]34C1[C@@H](C[C@H]23)[C@@]1(O)C[C@H](OC)[C@H]2C[C@@H]4[C@]1(O)[C@H]2OC. The van der Waals surface area contributed by atoms with Crippen molar-refractivity contribution in [2.75, 3.05) is 39.7 Å². The number of aliphatic hydroxyl groups is 2. The Hall–Kier alpha value is -3.12. The maximum atomic E-state index is 14.4. The Labute approximate surface area is 294 Å². The third kappa shape index (κ3) is 4.29. The summed E-state index contributed by atoms with van der Waals surface area (Å²) in [6.45, 7) is 5.32. The van der Waals surface area contributed by atoms with Crippen molar-refractivity contribution in [3.05, 3.63) is 71.3 Å². The molecule has 10 nitrogen and oxygen atoms in total. The quantitative estimate of drug-likeness (QED) is 0.263. The molecule has 2 aromatic rings. The Kier molecular flexibility index (Phi) is 8.14. The first kappa shape index (κ1) is 34.0. The van der Waals surface area contributed by atoms with Crippen molar-refractivity contribution in [1.82, 2.24) is 4.90 Å². The van der Waals surface area contributed by atoms with Crippen LogP contribution < -0.4 is 5.32 Å². The van der Waals surface area contributed by atoms with Crippen LogP contribution in [0.1, 0.15) is 60.5 Å². The van der Waals surface area contributed by atoms with Crippen LogP contribution in [0.4, 0.5) is 5.69 Å². The van der Waals surface area contributed by atoms with Gasteiger partial charge in [-0.2, -0.15) is 0 Å². The number of carbonyl (C=O) groups excluding carboxylic acids is 2. The molecule has 0 aromatic heterocycles. The number of piperidine rings is 1. The summed E-state index contributed by atoms with van der Waals surface area (Å²) in [5, 5.41) is 28.8. The fourth-order valence-corrected chi connectivity index (χ4v) is 12.5. The smallest absolute Gasteiger partial charge is 0.340 e. The number of ether oxygens (including phenoxy) is 4. The summed E-state index contributed by atoms with van der Waals surface area (Å²) >= 11 is 0. The van der Waals surface area contributed by atoms with E-state index in [9.17, 15) is 19.8 Å². The van der Waals surface area contributed by atoms with Gasteiger partial charge in [0, 0.05) is 75.5 Å². The van der Waals surface area contributed by atoms with Crippen molar-refractivity contribution in [2.45, 2.75) is 87.1 Å². The van der Waals surface area contributed by atoms with E-state index in [1.165, 1.54) is 6.08 Å². The third-order valence-corrected chi connectivity index (χ3v) is 14.2. The number of benzene rings is 2. The molecule has 1 aliphatic heterocycles. The van der Waals surface area contributed by atoms with E-state index in [0.29, 0.717) is 50.9 Å². The summed E-state index contributed by atoms with van der Waals surface area (Å²) < 4.78 is 25.3. The molecule has 6 aliphatic rings. The van der Waals surface area contributed by atoms with E-state index in [4.69, 9.17) is 18.9 Å². The number of methoxy groups -OCH3 is 3. The van der Waals surface area contributed by atoms with Crippen LogP contribution in [0.15, 0.2) is 54.6 Å². The first-order valence-corrected chi connectivity index (χ1v) is 18.2. The molecule has 5 saturated carbocycles. The number of nitrogens with one attached hydrogen (secondary N) is 1. The maximum absolute atomic E-state index is 14.4. The van der Waals surface area contributed by atoms with Gasteiger partial charge in [-0.05, 0) is 68.5 Å². The third-order valence-electron chi connectivity index (χ3n) is 14.2. The molecule has 1 amide bonds. The summed E-state index contributed by atoms with van der Waals surface area (Å²) in [4.78, 5) is 29.9. The number of likely N-dealkylation sites (N-methyl/N-ethyl adjacent to an activating group) is 1. The Balaban J connectivity index is 1.16. The monoisotopic (exact) mass is 686 g/mol. The number of hydrogen-bond donors (Lipinski definition) is 3. The summed E-state index contributed by atoms with van der Waals surface area (Å²) in [5.41, 5.74) is -1.77. The first-order chi connectivity index (χ1) is 24.0. The Morgan fingerprint density at radius 3 is 2.48 bits per heavy atom. The van der Waals surface area contributed by atoms with Gasteiger partial charge in [0.2, 0.25) is 5.91 Å². The second kappa shape index (κ2) is 12.0. The predicted octanol–water partition coefficient (Wildman–Crippen LogP) is 4.22. The van der Waals surface area contributed by atoms with Gasteiger partial charge in [0.05, 0.1) is 29.6 Å². The lowest BCUT2D eigenvalue weighted by molar-refractivity contribution is -0.337. The van der Waals surface area contributed by atoms with Gasteiger partial charge in [-0.3, -0.25) is 9.69 Å². The molecule has 12 atom stereocenters. The van der Waals surface area contributed by atoms with Gasteiger partial charge in [-0.25, -0.2) is 4.79 Å². The van der Waals surface area contributed by atoms with Crippen molar-refractivity contribution in [3.8, 4) is 0 Å². The summed E-state index contributed by atoms with van der Waals surface area (Å²) in [6.07, 6.45) is 5.00. The molecule has 50 heavy (non-hydrogen) atoms. The molecule has 8 rings (SSSR count). The number of para-hydroxylation sites is 1. The number of hydrogen-bond acceptors (Lipinski definition) is 9. The number of fused-ring (bicyclic) bond motifs is 2. The van der Waals surface area contributed by atoms with Crippen LogP contribution >= 0.6 is 0 Å². The summed E-state index contributed by atoms with van der Waals surface area (Å²) in [5.74, 6) is -1.74. The van der Waals surface area contributed by atoms with Crippen LogP contribution in [0.25, 0.3) is 6.08 Å². The number of nitrogens with zero attached hydrogens (tertiary/aromatic N) is 1. The zero-order valence-electron chi connectivity index (χ0n) is 29.6. The molecule has 2 aromatic carbocycles. The molecule has 3 N–H and O–H groups in total. The average Bonchev–Trinajstić information content (AvgIpc) is 3.54. The summed E-state index contributed by atoms with van der Waals surface area (Å²) in [6, 6.07) is 14.7. The molecule has 1 heterocycles. The van der Waals surface area contributed by atoms with Gasteiger partial charge in [0.1, 0.15) is 16.8 Å². The zero-order valence-corrected chi connectivity index (χ0v) is 29.6. The highest BCUT2D eigenvalue weighted by Crippen LogP contribution is 2.79. The molecular formula is C40H50N2O8. The van der Waals surface area contributed by atoms with Crippen LogP contribution in [0, 0.1) is 36.0 Å². The Bertz CT molecular complexity index is 1720. The van der Waals surface area contributed by atoms with E-state index < -0.39 is 34.3 Å². The van der Waals surface area contributed by atoms with Gasteiger partial charge in [-0.15, -0.1) is 0 Å². The minimum atomic E-state index is -1.50. The molecule has 1 unspecified atom stereocenters. The van der Waals surface area contributed by atoms with Crippen LogP contribution in [0.2, 0.25) is 0 Å². The largest absolute Gasteiger partial charge is 0.454 e. The molecular weight excluding hydrogens is 636 g/mol. The van der Waals surface area contributed by atoms with Crippen molar-refractivity contribution >= 4 is 23.6 Å². The predicted molar refractivity (Wildman–Crippen MR) is 186 cm³/mol. The van der Waals surface area contributed by atoms with Crippen LogP contribution in [0.5, 0.6) is 0 Å². The molecule has 7 bridgehead atoms. The fourth-order valence-electron chi connectivity index (χ4n) is 12.5. The van der Waals surface area contributed by atoms with Crippen LogP contribution in [0.3, 0.4) is 0 Å². The topological polar surface area (TPSA) is 127 Å². The highest BCUT2D eigenvalue weighted by Gasteiger charge is 2.89. The Morgan fingerprint density at radius 2 is 1.76 bits per heavy atom. The normalized spacial score (nSPS) is 42.5. The molecule has 5 aliphatic carbocycles. The number of rotatable bonds is 9. The van der Waals surface area contributed by atoms with Gasteiger partial charge in [-0.1, -0.05) is 43.3 Å². The van der Waals surface area contributed by atoms with Crippen molar-refractivity contribution in [2.24, 2.45) is 29.1 Å². The lowest BCUT2D eigenvalue weighted by Crippen LogP contribution is -2.83. The number of likely N-dealkylation sites (tertiary alicyclic amines) is 1. The summed E-state index contributed by atoms with van der Waals surface area (Å²) in [7, 11) is 5.06. The highest BCUT2D eigenvalue weighted by atomic mass is 16.6. The minimum Gasteiger partial charge on any atom is -0.454 e. The van der Waals surface area contributed by atoms with E-state index in [1.807, 2.05) is 31.2 Å². The standard InChI is InChI=1S/C40H50N2O8/c1-6-42-22-37(50-36(44)25-13-9-10-14-28(25)41-33(43)16-15-24-12-8-7-11-23(24)2)18-17-32(48-4)39-30(37)20-27(34(39)42)38(45)21-29(47-3)26-19-31(39)40(38,46)35(26)49-5/h7-16,26-27,29-32,34-35,45-46H,6,17-22H2,1-5H3,(H,41,43)/b16-15+/t26-,27-,29+,30-,31+,32+,34?,35+,37-,38+,39+,40+/m1/s1. The molecule has 1 saturated heterocycles. The van der Waals surface area contributed by atoms with Crippen LogP contribution in [-0.2, 0) is 23.7 Å². The lowest BCUT2D eigenvalue weighted by atomic mass is 9.44. The molecule has 10 heteroatoms. The van der Waals surface area contributed by atoms with Gasteiger partial charge < -0.3 is 34.5 Å². The van der Waals surface area contributed by atoms with Crippen molar-refractivity contribution in [3.63, 3.8) is 0 Å².